The summed E-state index contributed by atoms with van der Waals surface area (Å²) in [5.41, 5.74) is 0.906. The van der Waals surface area contributed by atoms with Gasteiger partial charge in [0.25, 0.3) is 5.91 Å². The fourth-order valence-corrected chi connectivity index (χ4v) is 3.06. The number of nitrogens with zero attached hydrogens (tertiary/aromatic N) is 1. The van der Waals surface area contributed by atoms with E-state index in [0.717, 1.165) is 5.56 Å². The third-order valence-electron chi connectivity index (χ3n) is 3.49. The minimum atomic E-state index is -4.50. The molecule has 0 aromatic heterocycles. The summed E-state index contributed by atoms with van der Waals surface area (Å²) in [6.45, 7) is -0.0449. The first-order valence-corrected chi connectivity index (χ1v) is 10.4. The predicted molar refractivity (Wildman–Crippen MR) is 113 cm³/mol. The SMILES string of the molecule is O=C(CP(=O)(O)O)N(O)CCCc1cccc(Oc2ccc(Cl)c(Cl)c2)c1.[K].[K]. The molecule has 0 bridgehead atoms. The zero-order valence-electron chi connectivity index (χ0n) is 16.1. The van der Waals surface area contributed by atoms with E-state index in [-0.39, 0.29) is 109 Å². The van der Waals surface area contributed by atoms with E-state index in [1.807, 2.05) is 12.1 Å². The molecule has 2 aromatic rings. The van der Waals surface area contributed by atoms with Crippen LogP contribution >= 0.6 is 30.8 Å². The Bertz CT molecular complexity index is 868. The Kier molecular flexibility index (Phi) is 15.6. The second kappa shape index (κ2) is 14.7. The van der Waals surface area contributed by atoms with E-state index in [4.69, 9.17) is 37.7 Å². The Morgan fingerprint density at radius 1 is 1.03 bits per heavy atom. The van der Waals surface area contributed by atoms with Gasteiger partial charge >= 0.3 is 7.60 Å². The van der Waals surface area contributed by atoms with Crippen LogP contribution in [0.1, 0.15) is 12.0 Å². The van der Waals surface area contributed by atoms with Crippen molar-refractivity contribution in [3.63, 3.8) is 0 Å². The van der Waals surface area contributed by atoms with Gasteiger partial charge in [0.1, 0.15) is 17.7 Å². The molecule has 2 radical (unpaired) electrons. The van der Waals surface area contributed by atoms with E-state index in [1.165, 1.54) is 0 Å². The molecule has 1 amide bonds. The van der Waals surface area contributed by atoms with Crippen molar-refractivity contribution in [2.45, 2.75) is 12.8 Å². The van der Waals surface area contributed by atoms with Crippen molar-refractivity contribution < 1.29 is 29.1 Å². The van der Waals surface area contributed by atoms with Gasteiger partial charge in [0.15, 0.2) is 0 Å². The van der Waals surface area contributed by atoms with Gasteiger partial charge in [0, 0.05) is 115 Å². The number of aryl methyl sites for hydroxylation is 1. The second-order valence-electron chi connectivity index (χ2n) is 5.77. The Morgan fingerprint density at radius 2 is 1.69 bits per heavy atom. The van der Waals surface area contributed by atoms with Crippen molar-refractivity contribution in [2.24, 2.45) is 0 Å². The van der Waals surface area contributed by atoms with Crippen molar-refractivity contribution in [3.8, 4) is 11.5 Å². The third-order valence-corrected chi connectivity index (χ3v) is 4.91. The monoisotopic (exact) mass is 511 g/mol. The number of amides is 1. The molecule has 7 nitrogen and oxygen atoms in total. The molecule has 0 aliphatic heterocycles. The van der Waals surface area contributed by atoms with E-state index in [1.54, 1.807) is 30.3 Å². The average Bonchev–Trinajstić information content (AvgIpc) is 2.57. The second-order valence-corrected chi connectivity index (χ2v) is 8.23. The molecule has 0 saturated carbocycles. The van der Waals surface area contributed by atoms with Crippen molar-refractivity contribution in [3.05, 3.63) is 58.1 Å². The summed E-state index contributed by atoms with van der Waals surface area (Å²) in [5, 5.41) is 10.7. The molecule has 2 aromatic carbocycles. The van der Waals surface area contributed by atoms with E-state index in [2.05, 4.69) is 0 Å². The van der Waals surface area contributed by atoms with Gasteiger partial charge in [-0.2, -0.15) is 0 Å². The Labute approximate surface area is 264 Å². The summed E-state index contributed by atoms with van der Waals surface area (Å²) in [6.07, 6.45) is -0.0884. The molecule has 2 rings (SSSR count). The third kappa shape index (κ3) is 11.9. The van der Waals surface area contributed by atoms with Gasteiger partial charge in [-0.3, -0.25) is 14.6 Å². The first-order chi connectivity index (χ1) is 12.6. The molecular formula is C17H18Cl2K2NO6P. The number of carbonyl (C=O) groups excluding carboxylic acids is 1. The number of hydrogen-bond acceptors (Lipinski definition) is 4. The molecule has 12 heteroatoms. The molecule has 3 N–H and O–H groups in total. The Morgan fingerprint density at radius 3 is 2.31 bits per heavy atom. The van der Waals surface area contributed by atoms with Crippen molar-refractivity contribution in [1.29, 1.82) is 0 Å². The van der Waals surface area contributed by atoms with E-state index < -0.39 is 19.7 Å². The molecular weight excluding hydrogens is 494 g/mol. The van der Waals surface area contributed by atoms with Crippen LogP contribution in [0.4, 0.5) is 0 Å². The van der Waals surface area contributed by atoms with E-state index in [0.29, 0.717) is 39.4 Å². The molecule has 0 fully saturated rings. The predicted octanol–water partition coefficient (Wildman–Crippen LogP) is 3.35. The normalized spacial score (nSPS) is 10.5. The number of hydrogen-bond donors (Lipinski definition) is 3. The van der Waals surface area contributed by atoms with Crippen LogP contribution in [-0.2, 0) is 15.8 Å². The van der Waals surface area contributed by atoms with Crippen molar-refractivity contribution in [1.82, 2.24) is 5.06 Å². The minimum absolute atomic E-state index is 0. The summed E-state index contributed by atoms with van der Waals surface area (Å²) < 4.78 is 16.5. The fourth-order valence-electron chi connectivity index (χ4n) is 2.26. The molecule has 0 spiro atoms. The molecule has 29 heavy (non-hydrogen) atoms. The standard InChI is InChI=1S/C17H18Cl2NO6P.2K/c18-15-7-6-14(10-16(15)19)26-13-5-1-3-12(9-13)4-2-8-20(22)17(21)11-27(23,24)25;;/h1,3,5-7,9-10,22H,2,4,8,11H2,(H2,23,24,25);;. The van der Waals surface area contributed by atoms with Crippen LogP contribution in [0.15, 0.2) is 42.5 Å². The zero-order valence-corrected chi connectivity index (χ0v) is 24.7. The van der Waals surface area contributed by atoms with Gasteiger partial charge in [-0.15, -0.1) is 0 Å². The maximum atomic E-state index is 11.5. The first kappa shape index (κ1) is 30.7. The van der Waals surface area contributed by atoms with Gasteiger partial charge in [-0.1, -0.05) is 35.3 Å². The fraction of sp³-hybridized carbons (Fsp3) is 0.235. The summed E-state index contributed by atoms with van der Waals surface area (Å²) in [6, 6.07) is 12.2. The Balaban J connectivity index is 0.00000392. The first-order valence-electron chi connectivity index (χ1n) is 7.90. The van der Waals surface area contributed by atoms with Crippen LogP contribution in [0.25, 0.3) is 0 Å². The van der Waals surface area contributed by atoms with Crippen LogP contribution < -0.4 is 4.74 Å². The molecule has 0 atom stereocenters. The Hall–Kier alpha value is 1.67. The summed E-state index contributed by atoms with van der Waals surface area (Å²) in [5.74, 6) is 0.107. The number of ether oxygens (including phenoxy) is 1. The number of halogens is 2. The van der Waals surface area contributed by atoms with Gasteiger partial charge in [-0.25, -0.2) is 5.06 Å². The number of carbonyl (C=O) groups is 1. The topological polar surface area (TPSA) is 107 Å². The van der Waals surface area contributed by atoms with Crippen LogP contribution in [0.2, 0.25) is 10.0 Å². The quantitative estimate of drug-likeness (QED) is 0.217. The molecule has 0 saturated heterocycles. The summed E-state index contributed by atoms with van der Waals surface area (Å²) >= 11 is 11.8. The van der Waals surface area contributed by atoms with Crippen LogP contribution in [0.5, 0.6) is 11.5 Å². The van der Waals surface area contributed by atoms with Gasteiger partial charge < -0.3 is 14.5 Å². The molecule has 0 unspecified atom stereocenters. The molecule has 0 aliphatic carbocycles. The van der Waals surface area contributed by atoms with Crippen LogP contribution in [0, 0.1) is 0 Å². The average molecular weight is 512 g/mol. The smallest absolute Gasteiger partial charge is 0.335 e. The number of rotatable bonds is 8. The van der Waals surface area contributed by atoms with Crippen LogP contribution in [-0.4, -0.2) is 141 Å². The molecule has 0 aliphatic rings. The van der Waals surface area contributed by atoms with E-state index >= 15 is 0 Å². The maximum absolute atomic E-state index is 11.5. The largest absolute Gasteiger partial charge is 0.457 e. The summed E-state index contributed by atoms with van der Waals surface area (Å²) in [7, 11) is -4.50. The van der Waals surface area contributed by atoms with Gasteiger partial charge in [-0.05, 0) is 42.7 Å². The van der Waals surface area contributed by atoms with E-state index in [9.17, 15) is 14.6 Å². The van der Waals surface area contributed by atoms with Gasteiger partial charge in [0.05, 0.1) is 10.0 Å². The molecule has 148 valence electrons. The zero-order chi connectivity index (χ0) is 20.0. The summed E-state index contributed by atoms with van der Waals surface area (Å²) in [4.78, 5) is 28.9. The van der Waals surface area contributed by atoms with Crippen LogP contribution in [0.3, 0.4) is 0 Å². The van der Waals surface area contributed by atoms with Crippen molar-refractivity contribution in [2.75, 3.05) is 12.7 Å². The molecule has 0 heterocycles. The maximum Gasteiger partial charge on any atom is 0.335 e. The van der Waals surface area contributed by atoms with Crippen molar-refractivity contribution >= 4 is 139 Å². The number of benzene rings is 2. The van der Waals surface area contributed by atoms with Gasteiger partial charge in [0.2, 0.25) is 0 Å². The minimum Gasteiger partial charge on any atom is -0.457 e. The number of hydroxylamine groups is 2.